The fourth-order valence-corrected chi connectivity index (χ4v) is 3.14. The van der Waals surface area contributed by atoms with Crippen LogP contribution in [-0.2, 0) is 14.3 Å². The van der Waals surface area contributed by atoms with Gasteiger partial charge in [0.1, 0.15) is 0 Å². The van der Waals surface area contributed by atoms with Crippen LogP contribution >= 0.6 is 0 Å². The monoisotopic (exact) mass is 340 g/mol. The van der Waals surface area contributed by atoms with Crippen LogP contribution in [0.15, 0.2) is 42.6 Å². The molecule has 1 aromatic carbocycles. The highest BCUT2D eigenvalue weighted by Gasteiger charge is 2.32. The predicted octanol–water partition coefficient (Wildman–Crippen LogP) is 3.15. The van der Waals surface area contributed by atoms with Crippen molar-refractivity contribution < 1.29 is 14.3 Å². The molecule has 1 amide bonds. The number of hydrogen-bond donors (Lipinski definition) is 1. The number of nitrogens with one attached hydrogen (secondary N) is 1. The van der Waals surface area contributed by atoms with Crippen molar-refractivity contribution in [1.29, 1.82) is 0 Å². The lowest BCUT2D eigenvalue weighted by Gasteiger charge is -2.25. The molecule has 1 aromatic heterocycles. The Morgan fingerprint density at radius 1 is 1.32 bits per heavy atom. The minimum absolute atomic E-state index is 0.105. The number of nitrogens with zero attached hydrogens (tertiary/aromatic N) is 1. The minimum Gasteiger partial charge on any atom is -0.352 e. The van der Waals surface area contributed by atoms with E-state index < -0.39 is 5.79 Å². The van der Waals surface area contributed by atoms with Gasteiger partial charge in [0.25, 0.3) is 0 Å². The molecule has 0 bridgehead atoms. The Bertz CT molecular complexity index is 761. The van der Waals surface area contributed by atoms with Gasteiger partial charge in [-0.25, -0.2) is 0 Å². The van der Waals surface area contributed by atoms with E-state index in [2.05, 4.69) is 17.2 Å². The number of carbonyl (C=O) groups excluding carboxylic acids is 1. The van der Waals surface area contributed by atoms with Crippen molar-refractivity contribution >= 4 is 22.9 Å². The van der Waals surface area contributed by atoms with Gasteiger partial charge in [-0.2, -0.15) is 0 Å². The second-order valence-corrected chi connectivity index (χ2v) is 6.64. The SMILES string of the molecule is CC(CNC(=O)C=Cc1ccnc2ccccc12)CC1(C)OCCO1. The number of ether oxygens (including phenoxy) is 2. The van der Waals surface area contributed by atoms with Crippen LogP contribution in [0.5, 0.6) is 0 Å². The molecule has 132 valence electrons. The molecule has 0 aliphatic carbocycles. The van der Waals surface area contributed by atoms with E-state index in [0.29, 0.717) is 19.8 Å². The first-order chi connectivity index (χ1) is 12.1. The molecule has 1 saturated heterocycles. The summed E-state index contributed by atoms with van der Waals surface area (Å²) in [4.78, 5) is 16.4. The van der Waals surface area contributed by atoms with Gasteiger partial charge in [-0.15, -0.1) is 0 Å². The molecule has 1 unspecified atom stereocenters. The molecule has 2 aromatic rings. The van der Waals surface area contributed by atoms with Gasteiger partial charge in [0.05, 0.1) is 18.7 Å². The van der Waals surface area contributed by atoms with Gasteiger partial charge >= 0.3 is 0 Å². The summed E-state index contributed by atoms with van der Waals surface area (Å²) in [6, 6.07) is 9.79. The average Bonchev–Trinajstić information content (AvgIpc) is 3.04. The van der Waals surface area contributed by atoms with Crippen LogP contribution in [0.4, 0.5) is 0 Å². The topological polar surface area (TPSA) is 60.5 Å². The zero-order valence-corrected chi connectivity index (χ0v) is 14.7. The molecule has 0 radical (unpaired) electrons. The largest absolute Gasteiger partial charge is 0.352 e. The summed E-state index contributed by atoms with van der Waals surface area (Å²) in [5, 5.41) is 3.97. The van der Waals surface area contributed by atoms with Gasteiger partial charge in [-0.05, 0) is 36.6 Å². The van der Waals surface area contributed by atoms with Crippen molar-refractivity contribution in [2.75, 3.05) is 19.8 Å². The number of benzene rings is 1. The molecule has 3 rings (SSSR count). The lowest BCUT2D eigenvalue weighted by Crippen LogP contribution is -2.33. The average molecular weight is 340 g/mol. The molecule has 1 aliphatic heterocycles. The Morgan fingerprint density at radius 3 is 2.88 bits per heavy atom. The third kappa shape index (κ3) is 4.65. The number of rotatable bonds is 6. The molecule has 5 heteroatoms. The van der Waals surface area contributed by atoms with Crippen LogP contribution in [-0.4, -0.2) is 36.4 Å². The quantitative estimate of drug-likeness (QED) is 0.821. The summed E-state index contributed by atoms with van der Waals surface area (Å²) in [5.74, 6) is -0.357. The zero-order chi connectivity index (χ0) is 17.7. The summed E-state index contributed by atoms with van der Waals surface area (Å²) in [6.45, 7) is 5.89. The fraction of sp³-hybridized carbons (Fsp3) is 0.400. The van der Waals surface area contributed by atoms with E-state index in [0.717, 1.165) is 22.9 Å². The molecule has 1 aliphatic rings. The van der Waals surface area contributed by atoms with E-state index in [9.17, 15) is 4.79 Å². The van der Waals surface area contributed by atoms with Crippen molar-refractivity contribution in [3.63, 3.8) is 0 Å². The maximum atomic E-state index is 12.1. The first-order valence-corrected chi connectivity index (χ1v) is 8.63. The first kappa shape index (κ1) is 17.6. The van der Waals surface area contributed by atoms with Gasteiger partial charge in [0.2, 0.25) is 5.91 Å². The van der Waals surface area contributed by atoms with Crippen LogP contribution < -0.4 is 5.32 Å². The Kier molecular flexibility index (Phi) is 5.46. The molecule has 1 N–H and O–H groups in total. The second kappa shape index (κ2) is 7.76. The van der Waals surface area contributed by atoms with E-state index in [1.165, 1.54) is 0 Å². The van der Waals surface area contributed by atoms with Crippen molar-refractivity contribution in [3.8, 4) is 0 Å². The molecule has 5 nitrogen and oxygen atoms in total. The maximum absolute atomic E-state index is 12.1. The van der Waals surface area contributed by atoms with Gasteiger partial charge in [-0.3, -0.25) is 9.78 Å². The van der Waals surface area contributed by atoms with Crippen molar-refractivity contribution in [2.24, 2.45) is 5.92 Å². The molecule has 0 saturated carbocycles. The number of carbonyl (C=O) groups is 1. The molecule has 2 heterocycles. The van der Waals surface area contributed by atoms with Crippen LogP contribution in [0.1, 0.15) is 25.8 Å². The second-order valence-electron chi connectivity index (χ2n) is 6.64. The van der Waals surface area contributed by atoms with Gasteiger partial charge < -0.3 is 14.8 Å². The summed E-state index contributed by atoms with van der Waals surface area (Å²) in [6.07, 6.45) is 5.91. The number of hydrogen-bond acceptors (Lipinski definition) is 4. The van der Waals surface area contributed by atoms with Gasteiger partial charge in [0.15, 0.2) is 5.79 Å². The zero-order valence-electron chi connectivity index (χ0n) is 14.7. The van der Waals surface area contributed by atoms with Gasteiger partial charge in [0, 0.05) is 30.6 Å². The highest BCUT2D eigenvalue weighted by atomic mass is 16.7. The minimum atomic E-state index is -0.518. The Hall–Kier alpha value is -2.24. The van der Waals surface area contributed by atoms with E-state index in [-0.39, 0.29) is 11.8 Å². The lowest BCUT2D eigenvalue weighted by atomic mass is 10.0. The number of aromatic nitrogens is 1. The number of pyridine rings is 1. The highest BCUT2D eigenvalue weighted by molar-refractivity contribution is 5.95. The first-order valence-electron chi connectivity index (χ1n) is 8.63. The van der Waals surface area contributed by atoms with Crippen molar-refractivity contribution in [2.45, 2.75) is 26.1 Å². The molecular weight excluding hydrogens is 316 g/mol. The maximum Gasteiger partial charge on any atom is 0.244 e. The normalized spacial score (nSPS) is 17.8. The van der Waals surface area contributed by atoms with E-state index in [1.807, 2.05) is 43.3 Å². The number of fused-ring (bicyclic) bond motifs is 1. The fourth-order valence-electron chi connectivity index (χ4n) is 3.14. The number of para-hydroxylation sites is 1. The van der Waals surface area contributed by atoms with Crippen molar-refractivity contribution in [1.82, 2.24) is 10.3 Å². The Morgan fingerprint density at radius 2 is 2.08 bits per heavy atom. The van der Waals surface area contributed by atoms with Crippen LogP contribution in [0.2, 0.25) is 0 Å². The molecule has 25 heavy (non-hydrogen) atoms. The summed E-state index contributed by atoms with van der Waals surface area (Å²) >= 11 is 0. The third-order valence-corrected chi connectivity index (χ3v) is 4.34. The summed E-state index contributed by atoms with van der Waals surface area (Å²) < 4.78 is 11.2. The summed E-state index contributed by atoms with van der Waals surface area (Å²) in [5.41, 5.74) is 1.90. The van der Waals surface area contributed by atoms with E-state index >= 15 is 0 Å². The Balaban J connectivity index is 1.54. The molecule has 0 spiro atoms. The molecular formula is C20H24N2O3. The Labute approximate surface area is 148 Å². The number of amides is 1. The summed E-state index contributed by atoms with van der Waals surface area (Å²) in [7, 11) is 0. The van der Waals surface area contributed by atoms with Gasteiger partial charge in [-0.1, -0.05) is 25.1 Å². The van der Waals surface area contributed by atoms with E-state index in [1.54, 1.807) is 12.3 Å². The van der Waals surface area contributed by atoms with E-state index in [4.69, 9.17) is 9.47 Å². The smallest absolute Gasteiger partial charge is 0.244 e. The predicted molar refractivity (Wildman–Crippen MR) is 97.9 cm³/mol. The van der Waals surface area contributed by atoms with Crippen molar-refractivity contribution in [3.05, 3.63) is 48.2 Å². The van der Waals surface area contributed by atoms with Crippen LogP contribution in [0, 0.1) is 5.92 Å². The molecule has 1 fully saturated rings. The standard InChI is InChI=1S/C20H24N2O3/c1-15(13-20(2)24-11-12-25-20)14-22-19(23)8-7-16-9-10-21-18-6-4-3-5-17(16)18/h3-10,15H,11-14H2,1-2H3,(H,22,23). The van der Waals surface area contributed by atoms with Crippen LogP contribution in [0.3, 0.4) is 0 Å². The van der Waals surface area contributed by atoms with Crippen LogP contribution in [0.25, 0.3) is 17.0 Å². The lowest BCUT2D eigenvalue weighted by molar-refractivity contribution is -0.154. The highest BCUT2D eigenvalue weighted by Crippen LogP contribution is 2.26. The third-order valence-electron chi connectivity index (χ3n) is 4.34. The molecule has 1 atom stereocenters.